The van der Waals surface area contributed by atoms with E-state index in [1.54, 1.807) is 19.9 Å². The molecule has 1 aliphatic heterocycles. The van der Waals surface area contributed by atoms with Crippen LogP contribution >= 0.6 is 0 Å². The zero-order chi connectivity index (χ0) is 17.6. The van der Waals surface area contributed by atoms with Gasteiger partial charge in [0.25, 0.3) is 0 Å². The maximum Gasteiger partial charge on any atom is 0.186 e. The number of hydrogen-bond acceptors (Lipinski definition) is 7. The highest BCUT2D eigenvalue weighted by Crippen LogP contribution is 2.22. The van der Waals surface area contributed by atoms with Crippen molar-refractivity contribution in [2.24, 2.45) is 5.92 Å². The highest BCUT2D eigenvalue weighted by molar-refractivity contribution is 4.95. The molecule has 5 N–H and O–H groups in total. The minimum absolute atomic E-state index is 0.304. The van der Waals surface area contributed by atoms with Crippen LogP contribution in [0.3, 0.4) is 0 Å². The summed E-state index contributed by atoms with van der Waals surface area (Å²) < 4.78 is 10.7. The minimum atomic E-state index is -1.42. The van der Waals surface area contributed by atoms with Gasteiger partial charge in [-0.2, -0.15) is 0 Å². The van der Waals surface area contributed by atoms with E-state index in [9.17, 15) is 20.4 Å². The Hall–Kier alpha value is -0.540. The van der Waals surface area contributed by atoms with Crippen molar-refractivity contribution < 1.29 is 35.0 Å². The standard InChI is InChI=1S/C16H30O7/c1-10(5-4-7-16(2,3)21)6-8-22-15-14(20)13(19)12(18)11(9-17)23-15/h4,7,10-15,17-21H,5-6,8-9H2,1-3H3/b7-4+. The third kappa shape index (κ3) is 6.84. The van der Waals surface area contributed by atoms with Gasteiger partial charge in [-0.1, -0.05) is 19.1 Å². The van der Waals surface area contributed by atoms with Crippen LogP contribution in [0.5, 0.6) is 0 Å². The fraction of sp³-hybridized carbons (Fsp3) is 0.875. The van der Waals surface area contributed by atoms with Gasteiger partial charge in [-0.3, -0.25) is 0 Å². The molecule has 7 nitrogen and oxygen atoms in total. The lowest BCUT2D eigenvalue weighted by Crippen LogP contribution is -2.59. The van der Waals surface area contributed by atoms with Gasteiger partial charge in [0.2, 0.25) is 0 Å². The van der Waals surface area contributed by atoms with Gasteiger partial charge in [0.05, 0.1) is 18.8 Å². The van der Waals surface area contributed by atoms with Crippen molar-refractivity contribution >= 4 is 0 Å². The van der Waals surface area contributed by atoms with E-state index in [4.69, 9.17) is 14.6 Å². The van der Waals surface area contributed by atoms with Crippen LogP contribution in [0, 0.1) is 5.92 Å². The Bertz CT molecular complexity index is 364. The molecule has 0 bridgehead atoms. The lowest BCUT2D eigenvalue weighted by atomic mass is 9.99. The van der Waals surface area contributed by atoms with Gasteiger partial charge in [-0.25, -0.2) is 0 Å². The lowest BCUT2D eigenvalue weighted by molar-refractivity contribution is -0.301. The minimum Gasteiger partial charge on any atom is -0.394 e. The highest BCUT2D eigenvalue weighted by atomic mass is 16.7. The summed E-state index contributed by atoms with van der Waals surface area (Å²) in [4.78, 5) is 0. The summed E-state index contributed by atoms with van der Waals surface area (Å²) in [7, 11) is 0. The molecule has 0 aromatic rings. The molecule has 0 saturated carbocycles. The van der Waals surface area contributed by atoms with E-state index < -0.39 is 42.9 Å². The van der Waals surface area contributed by atoms with Gasteiger partial charge in [-0.15, -0.1) is 0 Å². The molecule has 0 aromatic carbocycles. The van der Waals surface area contributed by atoms with Crippen molar-refractivity contribution in [3.63, 3.8) is 0 Å². The van der Waals surface area contributed by atoms with E-state index >= 15 is 0 Å². The second-order valence-corrected chi connectivity index (χ2v) is 6.75. The van der Waals surface area contributed by atoms with Crippen molar-refractivity contribution in [3.8, 4) is 0 Å². The van der Waals surface area contributed by atoms with Crippen LogP contribution in [-0.4, -0.2) is 75.1 Å². The fourth-order valence-corrected chi connectivity index (χ4v) is 2.30. The second kappa shape index (κ2) is 9.08. The number of ether oxygens (including phenoxy) is 2. The molecule has 7 heteroatoms. The van der Waals surface area contributed by atoms with Crippen LogP contribution < -0.4 is 0 Å². The average molecular weight is 334 g/mol. The van der Waals surface area contributed by atoms with Gasteiger partial charge >= 0.3 is 0 Å². The zero-order valence-electron chi connectivity index (χ0n) is 14.0. The molecule has 0 aliphatic carbocycles. The second-order valence-electron chi connectivity index (χ2n) is 6.75. The summed E-state index contributed by atoms with van der Waals surface area (Å²) in [6, 6.07) is 0. The molecule has 0 amide bonds. The molecule has 1 fully saturated rings. The molecule has 0 aromatic heterocycles. The molecular weight excluding hydrogens is 304 g/mol. The number of rotatable bonds is 8. The Morgan fingerprint density at radius 2 is 1.83 bits per heavy atom. The molecule has 136 valence electrons. The molecule has 1 aliphatic rings. The molecule has 1 rings (SSSR count). The van der Waals surface area contributed by atoms with Crippen molar-refractivity contribution in [1.29, 1.82) is 0 Å². The highest BCUT2D eigenvalue weighted by Gasteiger charge is 2.43. The Morgan fingerprint density at radius 3 is 2.39 bits per heavy atom. The van der Waals surface area contributed by atoms with E-state index in [0.717, 1.165) is 6.42 Å². The van der Waals surface area contributed by atoms with Crippen LogP contribution in [0.25, 0.3) is 0 Å². The van der Waals surface area contributed by atoms with E-state index in [-0.39, 0.29) is 0 Å². The summed E-state index contributed by atoms with van der Waals surface area (Å²) in [5, 5.41) is 47.9. The van der Waals surface area contributed by atoms with Crippen LogP contribution in [0.4, 0.5) is 0 Å². The number of hydrogen-bond donors (Lipinski definition) is 5. The first-order chi connectivity index (χ1) is 10.7. The molecule has 6 atom stereocenters. The quantitative estimate of drug-likeness (QED) is 0.381. The third-order valence-corrected chi connectivity index (χ3v) is 3.81. The van der Waals surface area contributed by atoms with Gasteiger partial charge in [0.1, 0.15) is 24.4 Å². The molecule has 23 heavy (non-hydrogen) atoms. The Kier molecular flexibility index (Phi) is 8.09. The number of aliphatic hydroxyl groups excluding tert-OH is 4. The Morgan fingerprint density at radius 1 is 1.17 bits per heavy atom. The molecule has 0 radical (unpaired) electrons. The average Bonchev–Trinajstić information content (AvgIpc) is 2.46. The molecule has 1 heterocycles. The molecule has 1 saturated heterocycles. The Labute approximate surface area is 137 Å². The largest absolute Gasteiger partial charge is 0.394 e. The maximum absolute atomic E-state index is 9.84. The number of aliphatic hydroxyl groups is 5. The molecule has 0 spiro atoms. The predicted octanol–water partition coefficient (Wildman–Crippen LogP) is -0.454. The first-order valence-corrected chi connectivity index (χ1v) is 7.98. The van der Waals surface area contributed by atoms with E-state index in [1.165, 1.54) is 0 Å². The molecular formula is C16H30O7. The summed E-state index contributed by atoms with van der Waals surface area (Å²) in [6.45, 7) is 5.28. The third-order valence-electron chi connectivity index (χ3n) is 3.81. The first-order valence-electron chi connectivity index (χ1n) is 7.98. The van der Waals surface area contributed by atoms with Crippen molar-refractivity contribution in [3.05, 3.63) is 12.2 Å². The van der Waals surface area contributed by atoms with E-state index in [1.807, 2.05) is 13.0 Å². The van der Waals surface area contributed by atoms with Crippen LogP contribution in [0.15, 0.2) is 12.2 Å². The maximum atomic E-state index is 9.84. The lowest BCUT2D eigenvalue weighted by Gasteiger charge is -2.39. The predicted molar refractivity (Wildman–Crippen MR) is 83.6 cm³/mol. The Balaban J connectivity index is 2.35. The summed E-state index contributed by atoms with van der Waals surface area (Å²) in [5.41, 5.74) is -0.827. The van der Waals surface area contributed by atoms with Gasteiger partial charge < -0.3 is 35.0 Å². The van der Waals surface area contributed by atoms with Gasteiger partial charge in [0, 0.05) is 0 Å². The normalized spacial score (nSPS) is 34.0. The van der Waals surface area contributed by atoms with Crippen molar-refractivity contribution in [2.45, 2.75) is 69.9 Å². The van der Waals surface area contributed by atoms with E-state index in [0.29, 0.717) is 18.9 Å². The summed E-state index contributed by atoms with van der Waals surface area (Å²) in [5.74, 6) is 0.304. The van der Waals surface area contributed by atoms with Crippen LogP contribution in [0.1, 0.15) is 33.6 Å². The number of allylic oxidation sites excluding steroid dienone is 1. The van der Waals surface area contributed by atoms with Gasteiger partial charge in [-0.05, 0) is 32.6 Å². The summed E-state index contributed by atoms with van der Waals surface area (Å²) >= 11 is 0. The zero-order valence-corrected chi connectivity index (χ0v) is 14.0. The first kappa shape index (κ1) is 20.5. The summed E-state index contributed by atoms with van der Waals surface area (Å²) in [6.07, 6.45) is -1.06. The SMILES string of the molecule is CC(C/C=C/C(C)(C)O)CCOC1OC(CO)C(O)C(O)C1O. The van der Waals surface area contributed by atoms with E-state index in [2.05, 4.69) is 0 Å². The molecule has 6 unspecified atom stereocenters. The van der Waals surface area contributed by atoms with Crippen molar-refractivity contribution in [1.82, 2.24) is 0 Å². The van der Waals surface area contributed by atoms with Crippen LogP contribution in [0.2, 0.25) is 0 Å². The topological polar surface area (TPSA) is 120 Å². The van der Waals surface area contributed by atoms with Crippen LogP contribution in [-0.2, 0) is 9.47 Å². The van der Waals surface area contributed by atoms with Crippen molar-refractivity contribution in [2.75, 3.05) is 13.2 Å². The fourth-order valence-electron chi connectivity index (χ4n) is 2.30. The smallest absolute Gasteiger partial charge is 0.186 e. The van der Waals surface area contributed by atoms with Gasteiger partial charge in [0.15, 0.2) is 6.29 Å². The monoisotopic (exact) mass is 334 g/mol.